The van der Waals surface area contributed by atoms with Crippen molar-refractivity contribution in [2.24, 2.45) is 13.0 Å². The van der Waals surface area contributed by atoms with Crippen LogP contribution in [0.15, 0.2) is 24.3 Å². The second kappa shape index (κ2) is 6.61. The van der Waals surface area contributed by atoms with E-state index >= 15 is 0 Å². The van der Waals surface area contributed by atoms with Gasteiger partial charge >= 0.3 is 0 Å². The zero-order valence-electron chi connectivity index (χ0n) is 13.3. The number of benzene rings is 1. The van der Waals surface area contributed by atoms with Gasteiger partial charge in [0, 0.05) is 24.9 Å². The molecule has 1 heterocycles. The average Bonchev–Trinajstić information content (AvgIpc) is 2.71. The average molecular weight is 285 g/mol. The zero-order valence-corrected chi connectivity index (χ0v) is 13.3. The molecule has 1 saturated carbocycles. The van der Waals surface area contributed by atoms with E-state index in [0.29, 0.717) is 6.04 Å². The summed E-state index contributed by atoms with van der Waals surface area (Å²) in [6.45, 7) is 0. The van der Waals surface area contributed by atoms with Crippen LogP contribution in [-0.2, 0) is 13.5 Å². The third kappa shape index (κ3) is 3.13. The summed E-state index contributed by atoms with van der Waals surface area (Å²) in [7, 11) is 4.16. The minimum Gasteiger partial charge on any atom is -0.316 e. The second-order valence-corrected chi connectivity index (χ2v) is 6.44. The molecule has 0 radical (unpaired) electrons. The Morgan fingerprint density at radius 2 is 1.90 bits per heavy atom. The van der Waals surface area contributed by atoms with Crippen LogP contribution in [0.5, 0.6) is 0 Å². The van der Waals surface area contributed by atoms with Crippen molar-refractivity contribution in [3.8, 4) is 0 Å². The first-order valence-corrected chi connectivity index (χ1v) is 8.37. The molecule has 0 amide bonds. The van der Waals surface area contributed by atoms with Gasteiger partial charge in [0.1, 0.15) is 0 Å². The van der Waals surface area contributed by atoms with E-state index < -0.39 is 0 Å². The number of hydrogen-bond acceptors (Lipinski definition) is 2. The molecule has 1 unspecified atom stereocenters. The number of likely N-dealkylation sites (N-methyl/N-ethyl adjacent to an activating group) is 1. The molecule has 1 aliphatic rings. The van der Waals surface area contributed by atoms with E-state index in [1.54, 1.807) is 0 Å². The molecule has 2 aromatic rings. The predicted octanol–water partition coefficient (Wildman–Crippen LogP) is 3.67. The Kier molecular flexibility index (Phi) is 4.59. The van der Waals surface area contributed by atoms with Crippen LogP contribution in [0.2, 0.25) is 0 Å². The van der Waals surface area contributed by atoms with Gasteiger partial charge in [-0.25, -0.2) is 0 Å². The van der Waals surface area contributed by atoms with Crippen LogP contribution in [0.3, 0.4) is 0 Å². The largest absolute Gasteiger partial charge is 0.316 e. The number of nitrogens with one attached hydrogen (secondary N) is 1. The molecule has 1 atom stereocenters. The Balaban J connectivity index is 1.81. The van der Waals surface area contributed by atoms with Gasteiger partial charge in [-0.3, -0.25) is 4.68 Å². The van der Waals surface area contributed by atoms with Gasteiger partial charge in [0.15, 0.2) is 0 Å². The molecule has 3 heteroatoms. The summed E-state index contributed by atoms with van der Waals surface area (Å²) in [5.41, 5.74) is 2.49. The quantitative estimate of drug-likeness (QED) is 0.869. The number of aryl methyl sites for hydroxylation is 1. The minimum absolute atomic E-state index is 0.557. The first-order chi connectivity index (χ1) is 10.3. The van der Waals surface area contributed by atoms with E-state index in [1.807, 2.05) is 11.7 Å². The lowest BCUT2D eigenvalue weighted by atomic mass is 9.88. The van der Waals surface area contributed by atoms with Gasteiger partial charge in [-0.05, 0) is 31.9 Å². The second-order valence-electron chi connectivity index (χ2n) is 6.44. The van der Waals surface area contributed by atoms with Crippen molar-refractivity contribution in [1.29, 1.82) is 0 Å². The molecule has 1 aromatic carbocycles. The zero-order chi connectivity index (χ0) is 14.7. The van der Waals surface area contributed by atoms with Gasteiger partial charge in [-0.1, -0.05) is 43.9 Å². The molecule has 0 saturated heterocycles. The highest BCUT2D eigenvalue weighted by molar-refractivity contribution is 5.81. The number of fused-ring (bicyclic) bond motifs is 1. The van der Waals surface area contributed by atoms with Crippen molar-refractivity contribution < 1.29 is 0 Å². The van der Waals surface area contributed by atoms with E-state index in [1.165, 1.54) is 55.1 Å². The first-order valence-electron chi connectivity index (χ1n) is 8.37. The normalized spacial score (nSPS) is 18.8. The number of hydrogen-bond donors (Lipinski definition) is 1. The minimum atomic E-state index is 0.557. The molecule has 114 valence electrons. The highest BCUT2D eigenvalue weighted by Gasteiger charge is 2.23. The van der Waals surface area contributed by atoms with Crippen LogP contribution >= 0.6 is 0 Å². The summed E-state index contributed by atoms with van der Waals surface area (Å²) in [6.07, 6.45) is 9.41. The maximum Gasteiger partial charge on any atom is 0.0718 e. The molecule has 1 N–H and O–H groups in total. The predicted molar refractivity (Wildman–Crippen MR) is 88.5 cm³/mol. The maximum atomic E-state index is 4.77. The molecule has 3 rings (SSSR count). The van der Waals surface area contributed by atoms with Crippen molar-refractivity contribution in [3.05, 3.63) is 30.0 Å². The van der Waals surface area contributed by atoms with E-state index in [-0.39, 0.29) is 0 Å². The summed E-state index contributed by atoms with van der Waals surface area (Å²) in [5, 5.41) is 9.66. The van der Waals surface area contributed by atoms with Crippen LogP contribution in [0, 0.1) is 5.92 Å². The molecular weight excluding hydrogens is 258 g/mol. The summed E-state index contributed by atoms with van der Waals surface area (Å²) in [5.74, 6) is 0.804. The Hall–Kier alpha value is -1.35. The summed E-state index contributed by atoms with van der Waals surface area (Å²) in [4.78, 5) is 0. The van der Waals surface area contributed by atoms with Crippen LogP contribution in [0.25, 0.3) is 10.9 Å². The number of aromatic nitrogens is 2. The monoisotopic (exact) mass is 285 g/mol. The van der Waals surface area contributed by atoms with E-state index in [4.69, 9.17) is 5.10 Å². The smallest absolute Gasteiger partial charge is 0.0718 e. The van der Waals surface area contributed by atoms with Gasteiger partial charge < -0.3 is 5.32 Å². The van der Waals surface area contributed by atoms with Gasteiger partial charge in [0.25, 0.3) is 0 Å². The molecule has 0 spiro atoms. The fourth-order valence-electron chi connectivity index (χ4n) is 3.87. The Morgan fingerprint density at radius 3 is 2.62 bits per heavy atom. The van der Waals surface area contributed by atoms with Gasteiger partial charge in [-0.2, -0.15) is 5.10 Å². The van der Waals surface area contributed by atoms with Crippen molar-refractivity contribution in [1.82, 2.24) is 15.1 Å². The molecule has 0 aliphatic heterocycles. The highest BCUT2D eigenvalue weighted by atomic mass is 15.3. The van der Waals surface area contributed by atoms with Crippen LogP contribution in [0.1, 0.15) is 44.2 Å². The Labute approximate surface area is 127 Å². The fourth-order valence-corrected chi connectivity index (χ4v) is 3.87. The molecular formula is C18H27N3. The van der Waals surface area contributed by atoms with Crippen molar-refractivity contribution in [3.63, 3.8) is 0 Å². The maximum absolute atomic E-state index is 4.77. The lowest BCUT2D eigenvalue weighted by Crippen LogP contribution is -2.35. The number of nitrogens with zero attached hydrogens (tertiary/aromatic N) is 2. The van der Waals surface area contributed by atoms with Crippen molar-refractivity contribution >= 4 is 10.9 Å². The van der Waals surface area contributed by atoms with Crippen molar-refractivity contribution in [2.45, 2.75) is 51.0 Å². The summed E-state index contributed by atoms with van der Waals surface area (Å²) >= 11 is 0. The van der Waals surface area contributed by atoms with E-state index in [2.05, 4.69) is 36.6 Å². The first kappa shape index (κ1) is 14.6. The molecule has 1 aliphatic carbocycles. The van der Waals surface area contributed by atoms with Crippen molar-refractivity contribution in [2.75, 3.05) is 7.05 Å². The highest BCUT2D eigenvalue weighted by Crippen LogP contribution is 2.28. The third-order valence-corrected chi connectivity index (χ3v) is 5.09. The summed E-state index contributed by atoms with van der Waals surface area (Å²) < 4.78 is 2.02. The van der Waals surface area contributed by atoms with Crippen LogP contribution < -0.4 is 5.32 Å². The lowest BCUT2D eigenvalue weighted by molar-refractivity contribution is 0.331. The topological polar surface area (TPSA) is 29.9 Å². The standard InChI is InChI=1S/C18H27N3/c1-19-16(14-9-5-3-4-6-10-14)13-17-15-11-7-8-12-18(15)21(2)20-17/h7-8,11-12,14,16,19H,3-6,9-10,13H2,1-2H3. The SMILES string of the molecule is CNC(Cc1nn(C)c2ccccc12)C1CCCCCC1. The van der Waals surface area contributed by atoms with Gasteiger partial charge in [0.2, 0.25) is 0 Å². The van der Waals surface area contributed by atoms with Crippen LogP contribution in [-0.4, -0.2) is 22.9 Å². The Bertz CT molecular complexity index is 579. The molecule has 21 heavy (non-hydrogen) atoms. The van der Waals surface area contributed by atoms with Gasteiger partial charge in [0.05, 0.1) is 11.2 Å². The Morgan fingerprint density at radius 1 is 1.19 bits per heavy atom. The van der Waals surface area contributed by atoms with Gasteiger partial charge in [-0.15, -0.1) is 0 Å². The molecule has 1 fully saturated rings. The number of rotatable bonds is 4. The third-order valence-electron chi connectivity index (χ3n) is 5.09. The molecule has 0 bridgehead atoms. The number of para-hydroxylation sites is 1. The molecule has 1 aromatic heterocycles. The van der Waals surface area contributed by atoms with E-state index in [0.717, 1.165) is 12.3 Å². The fraction of sp³-hybridized carbons (Fsp3) is 0.611. The summed E-state index contributed by atoms with van der Waals surface area (Å²) in [6, 6.07) is 9.13. The lowest BCUT2D eigenvalue weighted by Gasteiger charge is -2.25. The van der Waals surface area contributed by atoms with Crippen LogP contribution in [0.4, 0.5) is 0 Å². The molecule has 3 nitrogen and oxygen atoms in total. The van der Waals surface area contributed by atoms with E-state index in [9.17, 15) is 0 Å².